The summed E-state index contributed by atoms with van der Waals surface area (Å²) in [5.41, 5.74) is -1.24. The largest absolute Gasteiger partial charge is 0.461 e. The Labute approximate surface area is 212 Å². The number of benzene rings is 2. The van der Waals surface area contributed by atoms with Crippen LogP contribution in [0.1, 0.15) is 27.6 Å². The third-order valence-electron chi connectivity index (χ3n) is 4.46. The van der Waals surface area contributed by atoms with Gasteiger partial charge in [0.2, 0.25) is 0 Å². The third-order valence-corrected chi connectivity index (χ3v) is 6.93. The molecule has 33 heavy (non-hydrogen) atoms. The van der Waals surface area contributed by atoms with Gasteiger partial charge in [-0.25, -0.2) is 14.0 Å². The van der Waals surface area contributed by atoms with Crippen LogP contribution in [0.5, 0.6) is 0 Å². The maximum absolute atomic E-state index is 15.1. The van der Waals surface area contributed by atoms with Crippen LogP contribution in [0.25, 0.3) is 0 Å². The number of esters is 3. The Morgan fingerprint density at radius 2 is 1.45 bits per heavy atom. The molecule has 2 aromatic rings. The van der Waals surface area contributed by atoms with Gasteiger partial charge in [0.1, 0.15) is 6.61 Å². The Morgan fingerprint density at radius 3 is 1.97 bits per heavy atom. The van der Waals surface area contributed by atoms with E-state index in [9.17, 15) is 14.4 Å². The molecule has 12 heteroatoms. The molecule has 4 atom stereocenters. The smallest absolute Gasteiger partial charge is 0.340 e. The Balaban J connectivity index is 1.75. The van der Waals surface area contributed by atoms with Crippen molar-refractivity contribution >= 4 is 76.1 Å². The quantitative estimate of drug-likeness (QED) is 0.318. The molecule has 0 aliphatic carbocycles. The molecule has 0 N–H and O–H groups in total. The van der Waals surface area contributed by atoms with Crippen LogP contribution in [0.3, 0.4) is 0 Å². The van der Waals surface area contributed by atoms with Gasteiger partial charge in [0.25, 0.3) is 0 Å². The van der Waals surface area contributed by atoms with E-state index in [1.165, 1.54) is 36.4 Å². The summed E-state index contributed by atoms with van der Waals surface area (Å²) in [6.07, 6.45) is -3.27. The molecule has 1 aliphatic heterocycles. The van der Waals surface area contributed by atoms with Crippen LogP contribution >= 0.6 is 58.2 Å². The third kappa shape index (κ3) is 6.45. The van der Waals surface area contributed by atoms with Crippen molar-refractivity contribution in [2.24, 2.45) is 0 Å². The molecule has 0 aromatic heterocycles. The lowest BCUT2D eigenvalue weighted by molar-refractivity contribution is -0.145. The monoisotopic (exact) mass is 554 g/mol. The zero-order valence-corrected chi connectivity index (χ0v) is 20.6. The lowest BCUT2D eigenvalue weighted by atomic mass is 10.1. The zero-order chi connectivity index (χ0) is 24.3. The summed E-state index contributed by atoms with van der Waals surface area (Å²) >= 11 is 24.6. The highest BCUT2D eigenvalue weighted by Gasteiger charge is 2.49. The first kappa shape index (κ1) is 25.9. The van der Waals surface area contributed by atoms with Gasteiger partial charge >= 0.3 is 17.9 Å². The van der Waals surface area contributed by atoms with Gasteiger partial charge in [0.15, 0.2) is 17.7 Å². The summed E-state index contributed by atoms with van der Waals surface area (Å²) < 4.78 is 30.6. The van der Waals surface area contributed by atoms with E-state index < -0.39 is 40.9 Å². The van der Waals surface area contributed by atoms with Crippen molar-refractivity contribution in [2.75, 3.05) is 6.61 Å². The maximum atomic E-state index is 15.1. The second kappa shape index (κ2) is 11.1. The van der Waals surface area contributed by atoms with Crippen molar-refractivity contribution in [2.45, 2.75) is 29.9 Å². The fraction of sp³-hybridized carbons (Fsp3) is 0.286. The Morgan fingerprint density at radius 1 is 0.909 bits per heavy atom. The predicted octanol–water partition coefficient (Wildman–Crippen LogP) is 6.03. The molecule has 0 saturated carbocycles. The van der Waals surface area contributed by atoms with Crippen LogP contribution in [0.4, 0.5) is 4.39 Å². The number of halogens is 5. The molecule has 1 aliphatic rings. The second-order valence-electron chi connectivity index (χ2n) is 6.81. The van der Waals surface area contributed by atoms with Crippen molar-refractivity contribution < 1.29 is 33.0 Å². The standard InChI is InChI=1S/C21H15Cl4FO6S/c1-9(27)31-21-17(26)18(32-20(29)13-5-3-11(23)7-15(13)25)16(33-21)8-30-19(28)12-4-2-10(22)6-14(12)24/h2-7,16-18,21H,8H2,1H3/t16-,17+,18-,21-/m1/s1. The maximum Gasteiger partial charge on any atom is 0.340 e. The number of carbonyl (C=O) groups is 3. The van der Waals surface area contributed by atoms with E-state index in [-0.39, 0.29) is 27.8 Å². The summed E-state index contributed by atoms with van der Waals surface area (Å²) in [5.74, 6) is -2.41. The lowest BCUT2D eigenvalue weighted by Gasteiger charge is -2.21. The Kier molecular flexibility index (Phi) is 8.75. The molecule has 1 heterocycles. The Hall–Kier alpha value is -1.71. The number of hydrogen-bond donors (Lipinski definition) is 0. The van der Waals surface area contributed by atoms with E-state index in [1.807, 2.05) is 0 Å². The molecule has 0 amide bonds. The molecular formula is C21H15Cl4FO6S. The van der Waals surface area contributed by atoms with E-state index in [1.54, 1.807) is 0 Å². The number of thioether (sulfide) groups is 1. The van der Waals surface area contributed by atoms with E-state index in [0.717, 1.165) is 18.7 Å². The van der Waals surface area contributed by atoms with Crippen LogP contribution in [0, 0.1) is 0 Å². The highest BCUT2D eigenvalue weighted by atomic mass is 35.5. The molecule has 1 saturated heterocycles. The summed E-state index contributed by atoms with van der Waals surface area (Å²) in [5, 5.41) is -0.148. The average molecular weight is 556 g/mol. The summed E-state index contributed by atoms with van der Waals surface area (Å²) in [6, 6.07) is 8.32. The molecule has 0 unspecified atom stereocenters. The molecule has 6 nitrogen and oxygen atoms in total. The molecule has 0 bridgehead atoms. The number of carbonyl (C=O) groups excluding carboxylic acids is 3. The van der Waals surface area contributed by atoms with Crippen LogP contribution in [-0.4, -0.2) is 47.5 Å². The Bertz CT molecular complexity index is 1080. The van der Waals surface area contributed by atoms with E-state index in [2.05, 4.69) is 0 Å². The fourth-order valence-electron chi connectivity index (χ4n) is 2.95. The molecule has 2 aromatic carbocycles. The minimum absolute atomic E-state index is 0.0189. The number of rotatable bonds is 6. The lowest BCUT2D eigenvalue weighted by Crippen LogP contribution is -2.37. The zero-order valence-electron chi connectivity index (χ0n) is 16.7. The average Bonchev–Trinajstić information content (AvgIpc) is 3.00. The molecule has 176 valence electrons. The highest BCUT2D eigenvalue weighted by molar-refractivity contribution is 8.00. The first-order chi connectivity index (χ1) is 15.6. The molecule has 0 spiro atoms. The summed E-state index contributed by atoms with van der Waals surface area (Å²) in [7, 11) is 0. The molecule has 0 radical (unpaired) electrons. The summed E-state index contributed by atoms with van der Waals surface area (Å²) in [6.45, 7) is 0.768. The normalized spacial score (nSPS) is 22.0. The van der Waals surface area contributed by atoms with Crippen LogP contribution < -0.4 is 0 Å². The second-order valence-corrected chi connectivity index (χ2v) is 9.84. The first-order valence-corrected chi connectivity index (χ1v) is 11.8. The van der Waals surface area contributed by atoms with Gasteiger partial charge in [-0.1, -0.05) is 46.4 Å². The molecule has 3 rings (SSSR count). The van der Waals surface area contributed by atoms with Crippen molar-refractivity contribution in [1.82, 2.24) is 0 Å². The van der Waals surface area contributed by atoms with Crippen LogP contribution in [0.2, 0.25) is 20.1 Å². The van der Waals surface area contributed by atoms with Gasteiger partial charge in [-0.15, -0.1) is 11.8 Å². The summed E-state index contributed by atoms with van der Waals surface area (Å²) in [4.78, 5) is 36.4. The molecule has 1 fully saturated rings. The number of ether oxygens (including phenoxy) is 3. The van der Waals surface area contributed by atoms with Gasteiger partial charge in [0.05, 0.1) is 26.4 Å². The predicted molar refractivity (Wildman–Crippen MR) is 124 cm³/mol. The van der Waals surface area contributed by atoms with E-state index >= 15 is 4.39 Å². The van der Waals surface area contributed by atoms with Gasteiger partial charge in [-0.2, -0.15) is 0 Å². The minimum Gasteiger partial charge on any atom is -0.461 e. The van der Waals surface area contributed by atoms with E-state index in [4.69, 9.17) is 60.6 Å². The SMILES string of the molecule is CC(=O)O[C@@H]1S[C@H](COC(=O)c2ccc(Cl)cc2Cl)[C@@H](OC(=O)c2ccc(Cl)cc2Cl)[C@@H]1F. The van der Waals surface area contributed by atoms with Gasteiger partial charge in [-0.3, -0.25) is 4.79 Å². The molecular weight excluding hydrogens is 541 g/mol. The number of hydrogen-bond acceptors (Lipinski definition) is 7. The van der Waals surface area contributed by atoms with Crippen molar-refractivity contribution in [3.63, 3.8) is 0 Å². The van der Waals surface area contributed by atoms with Gasteiger partial charge in [0, 0.05) is 17.0 Å². The van der Waals surface area contributed by atoms with Gasteiger partial charge < -0.3 is 14.2 Å². The van der Waals surface area contributed by atoms with Crippen molar-refractivity contribution in [3.8, 4) is 0 Å². The van der Waals surface area contributed by atoms with Gasteiger partial charge in [-0.05, 0) is 36.4 Å². The van der Waals surface area contributed by atoms with Crippen LogP contribution in [0.15, 0.2) is 36.4 Å². The van der Waals surface area contributed by atoms with E-state index in [0.29, 0.717) is 10.0 Å². The topological polar surface area (TPSA) is 78.9 Å². The van der Waals surface area contributed by atoms with Crippen LogP contribution in [-0.2, 0) is 19.0 Å². The van der Waals surface area contributed by atoms with Crippen molar-refractivity contribution in [3.05, 3.63) is 67.6 Å². The fourth-order valence-corrected chi connectivity index (χ4v) is 5.27. The first-order valence-electron chi connectivity index (χ1n) is 9.31. The minimum atomic E-state index is -1.88. The number of alkyl halides is 1. The highest BCUT2D eigenvalue weighted by Crippen LogP contribution is 2.40. The van der Waals surface area contributed by atoms with Crippen molar-refractivity contribution in [1.29, 1.82) is 0 Å².